The van der Waals surface area contributed by atoms with Crippen LogP contribution in [0.1, 0.15) is 13.3 Å². The van der Waals surface area contributed by atoms with Gasteiger partial charge in [-0.05, 0) is 36.8 Å². The van der Waals surface area contributed by atoms with E-state index in [9.17, 15) is 13.2 Å². The van der Waals surface area contributed by atoms with Crippen molar-refractivity contribution in [1.29, 1.82) is 0 Å². The predicted octanol–water partition coefficient (Wildman–Crippen LogP) is 4.18. The van der Waals surface area contributed by atoms with Crippen molar-refractivity contribution in [3.8, 4) is 0 Å². The fourth-order valence-corrected chi connectivity index (χ4v) is 4.11. The van der Waals surface area contributed by atoms with Gasteiger partial charge in [-0.2, -0.15) is 0 Å². The van der Waals surface area contributed by atoms with Crippen LogP contribution in [-0.2, 0) is 14.8 Å². The molecular formula is C17H18Cl2N2O3S. The molecule has 0 aliphatic carbocycles. The number of para-hydroxylation sites is 1. The highest BCUT2D eigenvalue weighted by atomic mass is 35.5. The van der Waals surface area contributed by atoms with Crippen molar-refractivity contribution in [3.05, 3.63) is 58.6 Å². The van der Waals surface area contributed by atoms with Crippen molar-refractivity contribution in [2.75, 3.05) is 15.9 Å². The predicted molar refractivity (Wildman–Crippen MR) is 103 cm³/mol. The second kappa shape index (κ2) is 8.08. The molecule has 2 aromatic carbocycles. The normalized spacial score (nSPS) is 12.5. The average molecular weight is 401 g/mol. The number of nitrogens with one attached hydrogen (secondary N) is 1. The Morgan fingerprint density at radius 3 is 2.32 bits per heavy atom. The first-order valence-corrected chi connectivity index (χ1v) is 10.1. The lowest BCUT2D eigenvalue weighted by atomic mass is 10.2. The van der Waals surface area contributed by atoms with E-state index in [1.807, 2.05) is 0 Å². The van der Waals surface area contributed by atoms with Gasteiger partial charge in [-0.3, -0.25) is 9.10 Å². The smallest absolute Gasteiger partial charge is 0.248 e. The standard InChI is InChI=1S/C17H18Cl2N2O3S/c1-3-16(17(22)20-15-10-9-12(18)11-14(15)19)21(25(2,23)24)13-7-5-4-6-8-13/h4-11,16H,3H2,1-2H3,(H,20,22)/t16-/m0/s1. The number of rotatable bonds is 6. The first kappa shape index (κ1) is 19.6. The number of nitrogens with zero attached hydrogens (tertiary/aromatic N) is 1. The van der Waals surface area contributed by atoms with E-state index >= 15 is 0 Å². The molecule has 0 radical (unpaired) electrons. The lowest BCUT2D eigenvalue weighted by molar-refractivity contribution is -0.117. The first-order valence-electron chi connectivity index (χ1n) is 7.54. The minimum Gasteiger partial charge on any atom is -0.323 e. The third-order valence-corrected chi connectivity index (χ3v) is 5.26. The first-order chi connectivity index (χ1) is 11.7. The Labute approximate surface area is 157 Å². The fraction of sp³-hybridized carbons (Fsp3) is 0.235. The molecule has 1 N–H and O–H groups in total. The van der Waals surface area contributed by atoms with E-state index < -0.39 is 22.0 Å². The van der Waals surface area contributed by atoms with Gasteiger partial charge in [-0.15, -0.1) is 0 Å². The molecule has 1 atom stereocenters. The van der Waals surface area contributed by atoms with Crippen molar-refractivity contribution in [2.45, 2.75) is 19.4 Å². The van der Waals surface area contributed by atoms with Crippen LogP contribution in [0.5, 0.6) is 0 Å². The van der Waals surface area contributed by atoms with Gasteiger partial charge in [0, 0.05) is 5.02 Å². The molecule has 2 aromatic rings. The molecule has 0 aliphatic heterocycles. The zero-order valence-electron chi connectivity index (χ0n) is 13.7. The minimum absolute atomic E-state index is 0.279. The largest absolute Gasteiger partial charge is 0.323 e. The lowest BCUT2D eigenvalue weighted by Gasteiger charge is -2.30. The van der Waals surface area contributed by atoms with Crippen LogP contribution in [0.4, 0.5) is 11.4 Å². The van der Waals surface area contributed by atoms with Crippen LogP contribution < -0.4 is 9.62 Å². The Morgan fingerprint density at radius 2 is 1.80 bits per heavy atom. The summed E-state index contributed by atoms with van der Waals surface area (Å²) in [5, 5.41) is 3.40. The average Bonchev–Trinajstić information content (AvgIpc) is 2.54. The molecule has 0 fully saturated rings. The van der Waals surface area contributed by atoms with E-state index in [-0.39, 0.29) is 5.02 Å². The van der Waals surface area contributed by atoms with Crippen molar-refractivity contribution >= 4 is 50.5 Å². The number of hydrogen-bond donors (Lipinski definition) is 1. The molecule has 0 saturated heterocycles. The summed E-state index contributed by atoms with van der Waals surface area (Å²) < 4.78 is 25.7. The van der Waals surface area contributed by atoms with Gasteiger partial charge in [-0.25, -0.2) is 8.42 Å². The Bertz CT molecular complexity index is 857. The Balaban J connectivity index is 2.36. The number of anilines is 2. The molecule has 0 unspecified atom stereocenters. The molecule has 0 aliphatic rings. The van der Waals surface area contributed by atoms with Crippen LogP contribution in [0.3, 0.4) is 0 Å². The fourth-order valence-electron chi connectivity index (χ4n) is 2.44. The van der Waals surface area contributed by atoms with Gasteiger partial charge in [0.25, 0.3) is 0 Å². The van der Waals surface area contributed by atoms with E-state index in [1.165, 1.54) is 6.07 Å². The van der Waals surface area contributed by atoms with E-state index in [0.717, 1.165) is 10.6 Å². The Kier molecular flexibility index (Phi) is 6.32. The van der Waals surface area contributed by atoms with Gasteiger partial charge < -0.3 is 5.32 Å². The van der Waals surface area contributed by atoms with Crippen LogP contribution in [0.25, 0.3) is 0 Å². The SMILES string of the molecule is CC[C@@H](C(=O)Nc1ccc(Cl)cc1Cl)N(c1ccccc1)S(C)(=O)=O. The van der Waals surface area contributed by atoms with Crippen LogP contribution in [-0.4, -0.2) is 26.6 Å². The van der Waals surface area contributed by atoms with Gasteiger partial charge in [0.2, 0.25) is 15.9 Å². The van der Waals surface area contributed by atoms with Gasteiger partial charge in [0.1, 0.15) is 6.04 Å². The molecule has 8 heteroatoms. The van der Waals surface area contributed by atoms with E-state index in [2.05, 4.69) is 5.32 Å². The summed E-state index contributed by atoms with van der Waals surface area (Å²) in [4.78, 5) is 12.7. The third kappa shape index (κ3) is 4.87. The summed E-state index contributed by atoms with van der Waals surface area (Å²) in [5.41, 5.74) is 0.797. The molecule has 5 nitrogen and oxygen atoms in total. The zero-order chi connectivity index (χ0) is 18.6. The molecule has 1 amide bonds. The van der Waals surface area contributed by atoms with Crippen molar-refractivity contribution in [2.24, 2.45) is 0 Å². The number of halogens is 2. The maximum Gasteiger partial charge on any atom is 0.248 e. The number of carbonyl (C=O) groups is 1. The molecular weight excluding hydrogens is 383 g/mol. The van der Waals surface area contributed by atoms with Crippen LogP contribution in [0.2, 0.25) is 10.0 Å². The van der Waals surface area contributed by atoms with E-state index in [4.69, 9.17) is 23.2 Å². The Hall–Kier alpha value is -1.76. The highest BCUT2D eigenvalue weighted by molar-refractivity contribution is 7.92. The molecule has 2 rings (SSSR count). The molecule has 134 valence electrons. The van der Waals surface area contributed by atoms with Crippen LogP contribution in [0, 0.1) is 0 Å². The number of sulfonamides is 1. The molecule has 0 spiro atoms. The molecule has 25 heavy (non-hydrogen) atoms. The maximum atomic E-state index is 12.7. The Morgan fingerprint density at radius 1 is 1.16 bits per heavy atom. The maximum absolute atomic E-state index is 12.7. The molecule has 0 heterocycles. The highest BCUT2D eigenvalue weighted by Gasteiger charge is 2.31. The van der Waals surface area contributed by atoms with Gasteiger partial charge in [0.15, 0.2) is 0 Å². The molecule has 0 saturated carbocycles. The van der Waals surface area contributed by atoms with Crippen LogP contribution in [0.15, 0.2) is 48.5 Å². The van der Waals surface area contributed by atoms with Gasteiger partial charge in [0.05, 0.1) is 22.7 Å². The summed E-state index contributed by atoms with van der Waals surface area (Å²) >= 11 is 11.9. The van der Waals surface area contributed by atoms with E-state index in [0.29, 0.717) is 22.8 Å². The lowest BCUT2D eigenvalue weighted by Crippen LogP contribution is -2.47. The topological polar surface area (TPSA) is 66.5 Å². The molecule has 0 bridgehead atoms. The van der Waals surface area contributed by atoms with Gasteiger partial charge >= 0.3 is 0 Å². The second-order valence-corrected chi connectivity index (χ2v) is 8.13. The monoisotopic (exact) mass is 400 g/mol. The quantitative estimate of drug-likeness (QED) is 0.790. The summed E-state index contributed by atoms with van der Waals surface area (Å²) in [7, 11) is -3.67. The van der Waals surface area contributed by atoms with Gasteiger partial charge in [-0.1, -0.05) is 48.3 Å². The van der Waals surface area contributed by atoms with E-state index in [1.54, 1.807) is 49.4 Å². The number of benzene rings is 2. The zero-order valence-corrected chi connectivity index (χ0v) is 16.1. The summed E-state index contributed by atoms with van der Waals surface area (Å²) in [6.07, 6.45) is 1.37. The van der Waals surface area contributed by atoms with Crippen LogP contribution >= 0.6 is 23.2 Å². The second-order valence-electron chi connectivity index (χ2n) is 5.43. The van der Waals surface area contributed by atoms with Crippen molar-refractivity contribution < 1.29 is 13.2 Å². The van der Waals surface area contributed by atoms with Crippen molar-refractivity contribution in [1.82, 2.24) is 0 Å². The third-order valence-electron chi connectivity index (χ3n) is 3.53. The highest BCUT2D eigenvalue weighted by Crippen LogP contribution is 2.27. The molecule has 0 aromatic heterocycles. The number of amides is 1. The summed E-state index contributed by atoms with van der Waals surface area (Å²) in [6, 6.07) is 12.3. The number of hydrogen-bond acceptors (Lipinski definition) is 3. The minimum atomic E-state index is -3.67. The summed E-state index contributed by atoms with van der Waals surface area (Å²) in [5.74, 6) is -0.471. The summed E-state index contributed by atoms with van der Waals surface area (Å²) in [6.45, 7) is 1.74. The van der Waals surface area contributed by atoms with Crippen molar-refractivity contribution in [3.63, 3.8) is 0 Å². The number of carbonyl (C=O) groups excluding carboxylic acids is 1.